The molecule has 0 spiro atoms. The molecule has 0 N–H and O–H groups in total. The number of fused-ring (bicyclic) bond motifs is 3. The van der Waals surface area contributed by atoms with Crippen molar-refractivity contribution in [1.82, 2.24) is 4.90 Å². The van der Waals surface area contributed by atoms with E-state index in [0.29, 0.717) is 0 Å². The average molecular weight is 484 g/mol. The average Bonchev–Trinajstić information content (AvgIpc) is 3.12. The standard InChI is InChI=1S/C16H13N2O.Ag.HI/c1-17-9-10-18(11-17)14-7-4-6-13-12-5-2-3-8-15(12)19-16(13)14;;/h2-11H,1H3;;1H/q-1;+1;/p-1. The molecule has 1 aliphatic rings. The molecule has 0 saturated heterocycles. The zero-order valence-corrected chi connectivity index (χ0v) is 14.9. The molecule has 0 bridgehead atoms. The van der Waals surface area contributed by atoms with Gasteiger partial charge in [0.15, 0.2) is 5.58 Å². The van der Waals surface area contributed by atoms with Crippen LogP contribution in [0.25, 0.3) is 21.9 Å². The molecule has 0 unspecified atom stereocenters. The van der Waals surface area contributed by atoms with Gasteiger partial charge in [-0.1, -0.05) is 30.3 Å². The first-order chi connectivity index (χ1) is 10.3. The summed E-state index contributed by atoms with van der Waals surface area (Å²) in [7, 11) is 2.01. The number of halogens is 1. The Balaban J connectivity index is 0.000000636. The number of benzene rings is 2. The minimum absolute atomic E-state index is 0.930. The number of para-hydroxylation sites is 2. The zero-order valence-electron chi connectivity index (χ0n) is 11.3. The van der Waals surface area contributed by atoms with Gasteiger partial charge in [0.05, 0.1) is 5.69 Å². The van der Waals surface area contributed by atoms with E-state index in [1.807, 2.05) is 68.2 Å². The molecule has 0 saturated carbocycles. The predicted octanol–water partition coefficient (Wildman–Crippen LogP) is 4.81. The van der Waals surface area contributed by atoms with E-state index >= 15 is 0 Å². The van der Waals surface area contributed by atoms with Crippen LogP contribution in [0.3, 0.4) is 0 Å². The van der Waals surface area contributed by atoms with E-state index in [-0.39, 0.29) is 0 Å². The summed E-state index contributed by atoms with van der Waals surface area (Å²) in [6.07, 6.45) is 4.05. The van der Waals surface area contributed by atoms with Gasteiger partial charge in [0, 0.05) is 10.8 Å². The van der Waals surface area contributed by atoms with E-state index in [4.69, 9.17) is 4.42 Å². The Labute approximate surface area is 146 Å². The Morgan fingerprint density at radius 3 is 2.52 bits per heavy atom. The van der Waals surface area contributed by atoms with E-state index < -0.39 is 0 Å². The van der Waals surface area contributed by atoms with Crippen LogP contribution in [0.4, 0.5) is 5.69 Å². The summed E-state index contributed by atoms with van der Waals surface area (Å²) in [5.41, 5.74) is 2.93. The second-order valence-corrected chi connectivity index (χ2v) is 4.74. The van der Waals surface area contributed by atoms with Crippen molar-refractivity contribution in [2.45, 2.75) is 0 Å². The van der Waals surface area contributed by atoms with Crippen molar-refractivity contribution in [1.29, 1.82) is 0 Å². The summed E-state index contributed by atoms with van der Waals surface area (Å²) in [5, 5.41) is 2.32. The third-order valence-corrected chi connectivity index (χ3v) is 3.43. The van der Waals surface area contributed by atoms with Gasteiger partial charge in [0.2, 0.25) is 0 Å². The van der Waals surface area contributed by atoms with Crippen molar-refractivity contribution in [3.63, 3.8) is 0 Å². The molecular formula is C16H13AgIN2O-. The van der Waals surface area contributed by atoms with E-state index in [2.05, 4.69) is 46.4 Å². The van der Waals surface area contributed by atoms with E-state index in [1.54, 1.807) is 0 Å². The summed E-state index contributed by atoms with van der Waals surface area (Å²) >= 11 is 4.88. The second-order valence-electron chi connectivity index (χ2n) is 4.74. The molecule has 0 fully saturated rings. The van der Waals surface area contributed by atoms with Crippen molar-refractivity contribution < 1.29 is 21.7 Å². The molecule has 3 nitrogen and oxygen atoms in total. The number of rotatable bonds is 1. The molecule has 0 aliphatic carbocycles. The fraction of sp³-hybridized carbons (Fsp3) is 0.0625. The van der Waals surface area contributed by atoms with Crippen LogP contribution in [0, 0.1) is 6.67 Å². The van der Waals surface area contributed by atoms with Crippen LogP contribution < -0.4 is 4.90 Å². The Morgan fingerprint density at radius 1 is 1.00 bits per heavy atom. The molecule has 5 heteroatoms. The van der Waals surface area contributed by atoms with Crippen LogP contribution in [0.15, 0.2) is 59.3 Å². The van der Waals surface area contributed by atoms with Crippen molar-refractivity contribution in [3.8, 4) is 0 Å². The van der Waals surface area contributed by atoms with Crippen molar-refractivity contribution >= 4 is 46.6 Å². The number of hydrogen-bond acceptors (Lipinski definition) is 3. The first-order valence-corrected chi connectivity index (χ1v) is 10.8. The first-order valence-electron chi connectivity index (χ1n) is 6.38. The van der Waals surface area contributed by atoms with Gasteiger partial charge < -0.3 is 14.2 Å². The van der Waals surface area contributed by atoms with Crippen LogP contribution in [0.2, 0.25) is 0 Å². The fourth-order valence-corrected chi connectivity index (χ4v) is 2.53. The minimum atomic E-state index is 0.930. The number of nitrogens with zero attached hydrogens (tertiary/aromatic N) is 2. The fourth-order valence-electron chi connectivity index (χ4n) is 2.53. The molecule has 0 amide bonds. The topological polar surface area (TPSA) is 19.6 Å². The molecule has 2 aromatic carbocycles. The van der Waals surface area contributed by atoms with Crippen LogP contribution >= 0.6 is 19.0 Å². The van der Waals surface area contributed by atoms with Gasteiger partial charge in [-0.05, 0) is 31.6 Å². The third kappa shape index (κ3) is 2.73. The number of anilines is 1. The Morgan fingerprint density at radius 2 is 1.76 bits per heavy atom. The van der Waals surface area contributed by atoms with Crippen LogP contribution in [0.1, 0.15) is 0 Å². The van der Waals surface area contributed by atoms with Gasteiger partial charge in [-0.3, -0.25) is 0 Å². The zero-order chi connectivity index (χ0) is 14.8. The summed E-state index contributed by atoms with van der Waals surface area (Å²) in [6, 6.07) is 14.4. The molecule has 0 radical (unpaired) electrons. The van der Waals surface area contributed by atoms with Gasteiger partial charge in [-0.2, -0.15) is 6.67 Å². The molecule has 4 rings (SSSR count). The molecule has 3 aromatic rings. The Hall–Kier alpha value is -0.950. The van der Waals surface area contributed by atoms with Gasteiger partial charge in [0.25, 0.3) is 0 Å². The molecular weight excluding hydrogens is 471 g/mol. The maximum absolute atomic E-state index is 6.02. The second kappa shape index (κ2) is 6.44. The molecule has 112 valence electrons. The van der Waals surface area contributed by atoms with Crippen molar-refractivity contribution in [2.75, 3.05) is 11.9 Å². The summed E-state index contributed by atoms with van der Waals surface area (Å²) in [5.74, 6) is 0. The molecule has 1 aromatic heterocycles. The van der Waals surface area contributed by atoms with E-state index in [0.717, 1.165) is 27.6 Å². The van der Waals surface area contributed by atoms with Gasteiger partial charge in [-0.25, -0.2) is 0 Å². The molecule has 0 atom stereocenters. The molecule has 2 heterocycles. The van der Waals surface area contributed by atoms with Gasteiger partial charge in [0.1, 0.15) is 5.58 Å². The first kappa shape index (κ1) is 15.0. The molecule has 21 heavy (non-hydrogen) atoms. The van der Waals surface area contributed by atoms with E-state index in [9.17, 15) is 0 Å². The quantitative estimate of drug-likeness (QED) is 0.281. The van der Waals surface area contributed by atoms with E-state index in [1.165, 1.54) is 0 Å². The Bertz CT molecular complexity index is 799. The Kier molecular flexibility index (Phi) is 4.59. The predicted molar refractivity (Wildman–Crippen MR) is 91.4 cm³/mol. The SMILES string of the molecule is CN1C=CN(c2cccc3c2oc2ccccc23)[CH-]1.[Ag][I]. The van der Waals surface area contributed by atoms with Crippen molar-refractivity contribution in [3.05, 3.63) is 61.5 Å². The summed E-state index contributed by atoms with van der Waals surface area (Å²) in [4.78, 5) is 4.09. The summed E-state index contributed by atoms with van der Waals surface area (Å²) < 4.78 is 6.02. The maximum atomic E-state index is 6.02. The van der Waals surface area contributed by atoms with Crippen molar-refractivity contribution in [2.24, 2.45) is 0 Å². The number of hydrogen-bond donors (Lipinski definition) is 0. The third-order valence-electron chi connectivity index (χ3n) is 3.43. The van der Waals surface area contributed by atoms with Crippen LogP contribution in [-0.4, -0.2) is 11.9 Å². The monoisotopic (exact) mass is 483 g/mol. The molecule has 1 aliphatic heterocycles. The normalized spacial score (nSPS) is 13.9. The summed E-state index contributed by atoms with van der Waals surface area (Å²) in [6.45, 7) is 2.03. The van der Waals surface area contributed by atoms with Crippen LogP contribution in [0.5, 0.6) is 0 Å². The van der Waals surface area contributed by atoms with Gasteiger partial charge in [-0.15, -0.1) is 0 Å². The number of furan rings is 1. The van der Waals surface area contributed by atoms with Gasteiger partial charge >= 0.3 is 36.3 Å². The van der Waals surface area contributed by atoms with Crippen LogP contribution in [-0.2, 0) is 17.3 Å².